The fraction of sp³-hybridized carbons (Fsp3) is 0.429. The Morgan fingerprint density at radius 1 is 2.00 bits per heavy atom. The molecule has 1 radical (unpaired) electrons. The molecule has 0 aliphatic carbocycles. The second kappa shape index (κ2) is 2.67. The van der Waals surface area contributed by atoms with E-state index in [1.54, 1.807) is 6.08 Å². The molecule has 0 aromatic carbocycles. The van der Waals surface area contributed by atoms with Crippen molar-refractivity contribution in [1.82, 2.24) is 5.32 Å². The third kappa shape index (κ3) is 1.31. The quantitative estimate of drug-likeness (QED) is 0.534. The first-order chi connectivity index (χ1) is 4.34. The van der Waals surface area contributed by atoms with Crippen LogP contribution in [-0.4, -0.2) is 12.5 Å². The number of carbonyl (C=O) groups excluding carboxylic acids is 1. The normalized spacial score (nSPS) is 25.8. The van der Waals surface area contributed by atoms with Gasteiger partial charge in [-0.3, -0.25) is 4.79 Å². The molecule has 1 fully saturated rings. The van der Waals surface area contributed by atoms with Crippen LogP contribution < -0.4 is 5.32 Å². The molecule has 1 heterocycles. The summed E-state index contributed by atoms with van der Waals surface area (Å²) in [6, 6.07) is 0. The lowest BCUT2D eigenvalue weighted by Gasteiger charge is -1.98. The fourth-order valence-electron chi connectivity index (χ4n) is 0.923. The zero-order valence-corrected chi connectivity index (χ0v) is 5.26. The van der Waals surface area contributed by atoms with Gasteiger partial charge < -0.3 is 5.32 Å². The molecule has 1 saturated heterocycles. The molecule has 0 bridgehead atoms. The first kappa shape index (κ1) is 6.33. The smallest absolute Gasteiger partial charge is 0.223 e. The minimum absolute atomic E-state index is 0.0856. The molecule has 9 heavy (non-hydrogen) atoms. The van der Waals surface area contributed by atoms with Gasteiger partial charge in [0.2, 0.25) is 5.91 Å². The van der Waals surface area contributed by atoms with E-state index in [1.165, 1.54) is 0 Å². The molecule has 1 N–H and O–H groups in total. The lowest BCUT2D eigenvalue weighted by molar-refractivity contribution is -0.121. The number of amides is 1. The molecule has 1 rings (SSSR count). The summed E-state index contributed by atoms with van der Waals surface area (Å²) in [7, 11) is 0. The Morgan fingerprint density at radius 2 is 2.78 bits per heavy atom. The number of nitrogens with one attached hydrogen (secondary N) is 1. The second-order valence-corrected chi connectivity index (χ2v) is 2.11. The molecule has 2 nitrogen and oxygen atoms in total. The Bertz CT molecular complexity index is 131. The van der Waals surface area contributed by atoms with Crippen molar-refractivity contribution in [2.24, 2.45) is 5.92 Å². The van der Waals surface area contributed by atoms with Gasteiger partial charge in [0.1, 0.15) is 0 Å². The van der Waals surface area contributed by atoms with E-state index in [0.29, 0.717) is 0 Å². The topological polar surface area (TPSA) is 29.1 Å². The number of rotatable bonds is 2. The van der Waals surface area contributed by atoms with Crippen molar-refractivity contribution >= 4 is 5.91 Å². The SMILES string of the molecule is C=CCC1[CH]CNC1=O. The summed E-state index contributed by atoms with van der Waals surface area (Å²) in [4.78, 5) is 10.8. The summed E-state index contributed by atoms with van der Waals surface area (Å²) in [5.41, 5.74) is 0. The zero-order chi connectivity index (χ0) is 6.69. The van der Waals surface area contributed by atoms with Crippen LogP contribution in [0.1, 0.15) is 6.42 Å². The largest absolute Gasteiger partial charge is 0.356 e. The van der Waals surface area contributed by atoms with Crippen LogP contribution in [0.3, 0.4) is 0 Å². The Morgan fingerprint density at radius 3 is 3.22 bits per heavy atom. The minimum Gasteiger partial charge on any atom is -0.356 e. The maximum Gasteiger partial charge on any atom is 0.223 e. The van der Waals surface area contributed by atoms with Crippen molar-refractivity contribution in [3.63, 3.8) is 0 Å². The van der Waals surface area contributed by atoms with Gasteiger partial charge in [-0.1, -0.05) is 6.08 Å². The monoisotopic (exact) mass is 124 g/mol. The number of carbonyl (C=O) groups is 1. The lowest BCUT2D eigenvalue weighted by atomic mass is 10.1. The molecule has 0 aromatic rings. The summed E-state index contributed by atoms with van der Waals surface area (Å²) < 4.78 is 0. The molecular formula is C7H10NO. The minimum atomic E-state index is 0.0856. The molecule has 2 heteroatoms. The summed E-state index contributed by atoms with van der Waals surface area (Å²) in [6.07, 6.45) is 4.52. The number of allylic oxidation sites excluding steroid dienone is 1. The van der Waals surface area contributed by atoms with Crippen LogP contribution in [0.5, 0.6) is 0 Å². The maximum atomic E-state index is 10.8. The molecule has 1 amide bonds. The summed E-state index contributed by atoms with van der Waals surface area (Å²) in [5.74, 6) is 0.220. The Labute approximate surface area is 54.9 Å². The van der Waals surface area contributed by atoms with Crippen LogP contribution in [0.25, 0.3) is 0 Å². The predicted octanol–water partition coefficient (Wildman–Crippen LogP) is 0.513. The van der Waals surface area contributed by atoms with Crippen molar-refractivity contribution < 1.29 is 4.79 Å². The van der Waals surface area contributed by atoms with Gasteiger partial charge in [0, 0.05) is 12.5 Å². The first-order valence-corrected chi connectivity index (χ1v) is 3.06. The predicted molar refractivity (Wildman–Crippen MR) is 35.6 cm³/mol. The van der Waals surface area contributed by atoms with Crippen molar-refractivity contribution in [2.75, 3.05) is 6.54 Å². The Kier molecular flexibility index (Phi) is 1.88. The van der Waals surface area contributed by atoms with E-state index in [1.807, 2.05) is 6.42 Å². The fourth-order valence-corrected chi connectivity index (χ4v) is 0.923. The zero-order valence-electron chi connectivity index (χ0n) is 5.26. The van der Waals surface area contributed by atoms with E-state index in [9.17, 15) is 4.79 Å². The van der Waals surface area contributed by atoms with Gasteiger partial charge in [-0.2, -0.15) is 0 Å². The van der Waals surface area contributed by atoms with Crippen LogP contribution in [-0.2, 0) is 4.79 Å². The van der Waals surface area contributed by atoms with Gasteiger partial charge in [-0.15, -0.1) is 6.58 Å². The van der Waals surface area contributed by atoms with Crippen molar-refractivity contribution in [2.45, 2.75) is 6.42 Å². The molecule has 0 spiro atoms. The molecule has 1 unspecified atom stereocenters. The standard InChI is InChI=1S/C7H10NO/c1-2-3-6-4-5-8-7(6)9/h2,4,6H,1,3,5H2,(H,8,9). The highest BCUT2D eigenvalue weighted by atomic mass is 16.2. The Balaban J connectivity index is 2.39. The molecule has 0 aromatic heterocycles. The van der Waals surface area contributed by atoms with Crippen LogP contribution in [0.15, 0.2) is 12.7 Å². The van der Waals surface area contributed by atoms with Crippen molar-refractivity contribution in [3.8, 4) is 0 Å². The van der Waals surface area contributed by atoms with E-state index >= 15 is 0 Å². The number of hydrogen-bond donors (Lipinski definition) is 1. The summed E-state index contributed by atoms with van der Waals surface area (Å²) in [6.45, 7) is 4.28. The summed E-state index contributed by atoms with van der Waals surface area (Å²) in [5, 5.41) is 2.71. The molecule has 1 atom stereocenters. The Hall–Kier alpha value is -0.790. The van der Waals surface area contributed by atoms with E-state index < -0.39 is 0 Å². The maximum absolute atomic E-state index is 10.8. The molecular weight excluding hydrogens is 114 g/mol. The van der Waals surface area contributed by atoms with Crippen LogP contribution in [0.4, 0.5) is 0 Å². The third-order valence-corrected chi connectivity index (χ3v) is 1.44. The van der Waals surface area contributed by atoms with Gasteiger partial charge >= 0.3 is 0 Å². The third-order valence-electron chi connectivity index (χ3n) is 1.44. The van der Waals surface area contributed by atoms with E-state index in [4.69, 9.17) is 0 Å². The highest BCUT2D eigenvalue weighted by molar-refractivity contribution is 5.82. The van der Waals surface area contributed by atoms with Gasteiger partial charge in [-0.25, -0.2) is 0 Å². The van der Waals surface area contributed by atoms with Gasteiger partial charge in [0.25, 0.3) is 0 Å². The van der Waals surface area contributed by atoms with Gasteiger partial charge in [-0.05, 0) is 12.8 Å². The average Bonchev–Trinajstić information content (AvgIpc) is 2.18. The molecule has 0 saturated carbocycles. The molecule has 1 aliphatic rings. The van der Waals surface area contributed by atoms with E-state index in [-0.39, 0.29) is 11.8 Å². The average molecular weight is 124 g/mol. The number of hydrogen-bond acceptors (Lipinski definition) is 1. The van der Waals surface area contributed by atoms with Gasteiger partial charge in [0.05, 0.1) is 0 Å². The first-order valence-electron chi connectivity index (χ1n) is 3.06. The van der Waals surface area contributed by atoms with Crippen molar-refractivity contribution in [1.29, 1.82) is 0 Å². The van der Waals surface area contributed by atoms with E-state index in [0.717, 1.165) is 13.0 Å². The van der Waals surface area contributed by atoms with E-state index in [2.05, 4.69) is 11.9 Å². The van der Waals surface area contributed by atoms with Crippen LogP contribution in [0.2, 0.25) is 0 Å². The highest BCUT2D eigenvalue weighted by Crippen LogP contribution is 2.11. The van der Waals surface area contributed by atoms with Crippen molar-refractivity contribution in [3.05, 3.63) is 19.1 Å². The highest BCUT2D eigenvalue weighted by Gasteiger charge is 2.22. The van der Waals surface area contributed by atoms with Crippen LogP contribution >= 0.6 is 0 Å². The van der Waals surface area contributed by atoms with Gasteiger partial charge in [0.15, 0.2) is 0 Å². The second-order valence-electron chi connectivity index (χ2n) is 2.11. The lowest BCUT2D eigenvalue weighted by Crippen LogP contribution is -2.18. The summed E-state index contributed by atoms with van der Waals surface area (Å²) >= 11 is 0. The molecule has 49 valence electrons. The van der Waals surface area contributed by atoms with Crippen LogP contribution in [0, 0.1) is 12.3 Å². The molecule has 1 aliphatic heterocycles.